The molecule has 0 spiro atoms. The molecule has 0 saturated carbocycles. The molecule has 0 aliphatic carbocycles. The van der Waals surface area contributed by atoms with Crippen LogP contribution in [0, 0.1) is 0 Å². The van der Waals surface area contributed by atoms with E-state index in [2.05, 4.69) is 120 Å². The quantitative estimate of drug-likeness (QED) is 0.378. The Morgan fingerprint density at radius 3 is 1.43 bits per heavy atom. The Kier molecular flexibility index (Phi) is 7.45. The fourth-order valence-electron chi connectivity index (χ4n) is 4.14. The van der Waals surface area contributed by atoms with E-state index >= 15 is 0 Å². The molecule has 0 unspecified atom stereocenters. The second-order valence-electron chi connectivity index (χ2n) is 7.87. The first-order valence-corrected chi connectivity index (χ1v) is 13.2. The van der Waals surface area contributed by atoms with Gasteiger partial charge in [-0.15, -0.1) is 0 Å². The maximum absolute atomic E-state index is 2.44. The Bertz CT molecular complexity index is 808. The second-order valence-corrected chi connectivity index (χ2v) is 13.8. The van der Waals surface area contributed by atoms with Gasteiger partial charge in [-0.25, -0.2) is 0 Å². The van der Waals surface area contributed by atoms with Crippen LogP contribution in [0.5, 0.6) is 0 Å². The summed E-state index contributed by atoms with van der Waals surface area (Å²) in [6, 6.07) is 31.5. The molecule has 3 aromatic rings. The lowest BCUT2D eigenvalue weighted by Crippen LogP contribution is -2.23. The van der Waals surface area contributed by atoms with Crippen molar-refractivity contribution < 1.29 is 0 Å². The van der Waals surface area contributed by atoms with Crippen molar-refractivity contribution in [3.63, 3.8) is 0 Å². The zero-order chi connectivity index (χ0) is 20.1. The fourth-order valence-corrected chi connectivity index (χ4v) is 10.1. The third kappa shape index (κ3) is 4.74. The van der Waals surface area contributed by atoms with Crippen LogP contribution in [0.15, 0.2) is 84.9 Å². The van der Waals surface area contributed by atoms with Gasteiger partial charge >= 0.3 is 0 Å². The molecule has 0 aliphatic rings. The third-order valence-corrected chi connectivity index (χ3v) is 11.2. The minimum absolute atomic E-state index is 0.179. The summed E-state index contributed by atoms with van der Waals surface area (Å²) in [6.07, 6.45) is 0. The Hall–Kier alpha value is -1.48. The van der Waals surface area contributed by atoms with Crippen molar-refractivity contribution in [2.24, 2.45) is 0 Å². The summed E-state index contributed by atoms with van der Waals surface area (Å²) >= 11 is 0. The molecule has 0 saturated heterocycles. The van der Waals surface area contributed by atoms with Crippen molar-refractivity contribution in [3.05, 3.63) is 90.5 Å². The van der Waals surface area contributed by atoms with Gasteiger partial charge in [0.15, 0.2) is 0 Å². The molecule has 1 atom stereocenters. The van der Waals surface area contributed by atoms with Crippen LogP contribution in [0.1, 0.15) is 45.8 Å². The Morgan fingerprint density at radius 2 is 0.964 bits per heavy atom. The summed E-state index contributed by atoms with van der Waals surface area (Å²) in [5.41, 5.74) is 3.43. The average molecular weight is 406 g/mol. The number of rotatable bonds is 7. The molecular weight excluding hydrogens is 374 g/mol. The summed E-state index contributed by atoms with van der Waals surface area (Å²) in [6.45, 7) is 12.0. The third-order valence-electron chi connectivity index (χ3n) is 5.23. The molecule has 0 bridgehead atoms. The molecule has 0 radical (unpaired) electrons. The first-order valence-electron chi connectivity index (χ1n) is 10.3. The van der Waals surface area contributed by atoms with Gasteiger partial charge in [-0.2, -0.15) is 0 Å². The highest BCUT2D eigenvalue weighted by atomic mass is 31.1. The molecular formula is C26H32P2. The average Bonchev–Trinajstić information content (AvgIpc) is 2.70. The van der Waals surface area contributed by atoms with Crippen molar-refractivity contribution in [2.45, 2.75) is 51.6 Å². The molecule has 0 heterocycles. The molecule has 3 rings (SSSR count). The standard InChI is InChI=1S/C26H32P2/c1-20(2)27(21(3)4)26-19-13-12-18-25(26)22(5)28(23-14-8-6-9-15-23)24-16-10-7-11-17-24/h6-22H,1-5H3/t22-/m1/s1. The van der Waals surface area contributed by atoms with Crippen molar-refractivity contribution in [3.8, 4) is 0 Å². The molecule has 146 valence electrons. The van der Waals surface area contributed by atoms with Crippen LogP contribution in [0.2, 0.25) is 0 Å². The lowest BCUT2D eigenvalue weighted by Gasteiger charge is -2.33. The van der Waals surface area contributed by atoms with Gasteiger partial charge in [0.1, 0.15) is 0 Å². The van der Waals surface area contributed by atoms with E-state index in [0.717, 1.165) is 0 Å². The van der Waals surface area contributed by atoms with E-state index in [1.54, 1.807) is 10.9 Å². The summed E-state index contributed by atoms with van der Waals surface area (Å²) < 4.78 is 0. The SMILES string of the molecule is CC(C)P(c1ccccc1[C@@H](C)P(c1ccccc1)c1ccccc1)C(C)C. The van der Waals surface area contributed by atoms with E-state index < -0.39 is 7.92 Å². The Labute approximate surface area is 173 Å². The summed E-state index contributed by atoms with van der Waals surface area (Å²) in [5, 5.41) is 4.53. The van der Waals surface area contributed by atoms with E-state index in [-0.39, 0.29) is 7.92 Å². The van der Waals surface area contributed by atoms with Crippen LogP contribution in [0.3, 0.4) is 0 Å². The highest BCUT2D eigenvalue weighted by Crippen LogP contribution is 2.53. The molecule has 28 heavy (non-hydrogen) atoms. The minimum Gasteiger partial charge on any atom is -0.0697 e. The van der Waals surface area contributed by atoms with Crippen LogP contribution >= 0.6 is 15.8 Å². The van der Waals surface area contributed by atoms with E-state index in [0.29, 0.717) is 17.0 Å². The lowest BCUT2D eigenvalue weighted by molar-refractivity contribution is 1.01. The largest absolute Gasteiger partial charge is 0.0697 e. The van der Waals surface area contributed by atoms with E-state index in [1.807, 2.05) is 0 Å². The summed E-state index contributed by atoms with van der Waals surface area (Å²) in [4.78, 5) is 0. The van der Waals surface area contributed by atoms with Gasteiger partial charge in [0.2, 0.25) is 0 Å². The molecule has 0 amide bonds. The zero-order valence-electron chi connectivity index (χ0n) is 17.7. The number of hydrogen-bond donors (Lipinski definition) is 0. The highest BCUT2D eigenvalue weighted by molar-refractivity contribution is 7.73. The Balaban J connectivity index is 2.11. The van der Waals surface area contributed by atoms with E-state index in [1.165, 1.54) is 10.6 Å². The van der Waals surface area contributed by atoms with Crippen LogP contribution in [-0.2, 0) is 0 Å². The predicted molar refractivity (Wildman–Crippen MR) is 131 cm³/mol. The van der Waals surface area contributed by atoms with E-state index in [4.69, 9.17) is 0 Å². The van der Waals surface area contributed by atoms with Crippen LogP contribution in [0.25, 0.3) is 0 Å². The number of hydrogen-bond acceptors (Lipinski definition) is 0. The van der Waals surface area contributed by atoms with Gasteiger partial charge in [0.05, 0.1) is 0 Å². The zero-order valence-corrected chi connectivity index (χ0v) is 19.5. The van der Waals surface area contributed by atoms with Crippen molar-refractivity contribution in [1.29, 1.82) is 0 Å². The van der Waals surface area contributed by atoms with Crippen molar-refractivity contribution in [2.75, 3.05) is 0 Å². The van der Waals surface area contributed by atoms with Gasteiger partial charge in [-0.05, 0) is 40.7 Å². The summed E-state index contributed by atoms with van der Waals surface area (Å²) in [7, 11) is -0.637. The molecule has 3 aromatic carbocycles. The van der Waals surface area contributed by atoms with Crippen LogP contribution in [0.4, 0.5) is 0 Å². The molecule has 0 aromatic heterocycles. The van der Waals surface area contributed by atoms with Gasteiger partial charge in [0, 0.05) is 5.66 Å². The van der Waals surface area contributed by atoms with Gasteiger partial charge < -0.3 is 0 Å². The molecule has 0 aliphatic heterocycles. The topological polar surface area (TPSA) is 0 Å². The highest BCUT2D eigenvalue weighted by Gasteiger charge is 2.28. The summed E-state index contributed by atoms with van der Waals surface area (Å²) in [5.74, 6) is 0. The fraction of sp³-hybridized carbons (Fsp3) is 0.308. The predicted octanol–water partition coefficient (Wildman–Crippen LogP) is 6.80. The first kappa shape index (κ1) is 21.2. The molecule has 0 fully saturated rings. The maximum atomic E-state index is 2.44. The van der Waals surface area contributed by atoms with Crippen LogP contribution < -0.4 is 15.9 Å². The van der Waals surface area contributed by atoms with Gasteiger partial charge in [-0.1, -0.05) is 127 Å². The van der Waals surface area contributed by atoms with Crippen molar-refractivity contribution in [1.82, 2.24) is 0 Å². The molecule has 0 N–H and O–H groups in total. The van der Waals surface area contributed by atoms with Crippen LogP contribution in [-0.4, -0.2) is 11.3 Å². The normalized spacial score (nSPS) is 12.9. The van der Waals surface area contributed by atoms with Gasteiger partial charge in [0.25, 0.3) is 0 Å². The van der Waals surface area contributed by atoms with E-state index in [9.17, 15) is 0 Å². The lowest BCUT2D eigenvalue weighted by atomic mass is 10.2. The smallest absolute Gasteiger partial charge is 0.01000 e. The molecule has 2 heteroatoms. The minimum atomic E-state index is -0.458. The monoisotopic (exact) mass is 406 g/mol. The van der Waals surface area contributed by atoms with Gasteiger partial charge in [-0.3, -0.25) is 0 Å². The second kappa shape index (κ2) is 9.82. The molecule has 0 nitrogen and oxygen atoms in total. The van der Waals surface area contributed by atoms with Crippen molar-refractivity contribution >= 4 is 31.8 Å². The Morgan fingerprint density at radius 1 is 0.536 bits per heavy atom. The maximum Gasteiger partial charge on any atom is 0.01000 e. The number of benzene rings is 3. The first-order chi connectivity index (χ1) is 13.5.